The van der Waals surface area contributed by atoms with Gasteiger partial charge >= 0.3 is 0 Å². The molecule has 2 fully saturated rings. The molecule has 0 saturated carbocycles. The fourth-order valence-electron chi connectivity index (χ4n) is 6.99. The van der Waals surface area contributed by atoms with Crippen molar-refractivity contribution < 1.29 is 28.7 Å². The number of hydrogen-bond donors (Lipinski definition) is 1. The Hall–Kier alpha value is -4.93. The summed E-state index contributed by atoms with van der Waals surface area (Å²) in [5.41, 5.74) is 1.31. The van der Waals surface area contributed by atoms with Crippen LogP contribution in [0.5, 0.6) is 5.75 Å². The molecule has 0 aliphatic carbocycles. The van der Waals surface area contributed by atoms with Gasteiger partial charge in [0.2, 0.25) is 23.6 Å². The number of likely N-dealkylation sites (N-methyl/N-ethyl adjacent to an activating group) is 2. The Morgan fingerprint density at radius 1 is 0.896 bits per heavy atom. The highest BCUT2D eigenvalue weighted by molar-refractivity contribution is 5.98. The van der Waals surface area contributed by atoms with Crippen LogP contribution in [-0.4, -0.2) is 114 Å². The van der Waals surface area contributed by atoms with Crippen molar-refractivity contribution in [2.45, 2.75) is 56.7 Å². The lowest BCUT2D eigenvalue weighted by Crippen LogP contribution is -2.49. The van der Waals surface area contributed by atoms with Crippen molar-refractivity contribution in [3.05, 3.63) is 77.9 Å². The van der Waals surface area contributed by atoms with E-state index >= 15 is 0 Å². The number of fused-ring (bicyclic) bond motifs is 12. The van der Waals surface area contributed by atoms with Gasteiger partial charge in [0, 0.05) is 51.8 Å². The molecule has 4 heterocycles. The van der Waals surface area contributed by atoms with Gasteiger partial charge in [-0.15, -0.1) is 0 Å². The minimum absolute atomic E-state index is 0.00454. The van der Waals surface area contributed by atoms with Gasteiger partial charge in [0.25, 0.3) is 5.91 Å². The molecule has 0 unspecified atom stereocenters. The van der Waals surface area contributed by atoms with Crippen molar-refractivity contribution in [2.24, 2.45) is 0 Å². The maximum Gasteiger partial charge on any atom is 0.254 e. The molecule has 1 N–H and O–H groups in total. The number of carbonyl (C=O) groups excluding carboxylic acids is 5. The topological polar surface area (TPSA) is 120 Å². The van der Waals surface area contributed by atoms with Crippen molar-refractivity contribution >= 4 is 40.3 Å². The van der Waals surface area contributed by atoms with Gasteiger partial charge in [0.05, 0.1) is 19.0 Å². The highest BCUT2D eigenvalue weighted by Gasteiger charge is 2.38. The van der Waals surface area contributed by atoms with Gasteiger partial charge < -0.3 is 29.7 Å². The van der Waals surface area contributed by atoms with Gasteiger partial charge in [0.1, 0.15) is 18.4 Å². The van der Waals surface area contributed by atoms with E-state index < -0.39 is 6.04 Å². The zero-order valence-electron chi connectivity index (χ0n) is 27.6. The lowest BCUT2D eigenvalue weighted by molar-refractivity contribution is -0.141. The summed E-state index contributed by atoms with van der Waals surface area (Å²) in [6.07, 6.45) is 2.68. The van der Waals surface area contributed by atoms with Crippen LogP contribution in [0.3, 0.4) is 0 Å². The lowest BCUT2D eigenvalue weighted by atomic mass is 10.0. The summed E-state index contributed by atoms with van der Waals surface area (Å²) in [4.78, 5) is 73.3. The summed E-state index contributed by atoms with van der Waals surface area (Å²) in [7, 11) is 3.17. The smallest absolute Gasteiger partial charge is 0.254 e. The van der Waals surface area contributed by atoms with Crippen molar-refractivity contribution in [1.29, 1.82) is 0 Å². The van der Waals surface area contributed by atoms with Crippen LogP contribution in [0.1, 0.15) is 48.0 Å². The van der Waals surface area contributed by atoms with E-state index in [1.165, 1.54) is 9.80 Å². The molecule has 7 rings (SSSR count). The molecule has 2 saturated heterocycles. The largest absolute Gasteiger partial charge is 0.491 e. The van der Waals surface area contributed by atoms with Crippen molar-refractivity contribution in [3.63, 3.8) is 0 Å². The zero-order valence-corrected chi connectivity index (χ0v) is 27.6. The van der Waals surface area contributed by atoms with Gasteiger partial charge in [-0.05, 0) is 66.3 Å². The molecule has 3 atom stereocenters. The number of rotatable bonds is 4. The van der Waals surface area contributed by atoms with Crippen molar-refractivity contribution in [2.75, 3.05) is 46.9 Å². The Bertz CT molecular complexity index is 1690. The van der Waals surface area contributed by atoms with E-state index in [9.17, 15) is 24.0 Å². The van der Waals surface area contributed by atoms with Crippen molar-refractivity contribution in [1.82, 2.24) is 24.9 Å². The summed E-state index contributed by atoms with van der Waals surface area (Å²) in [6.45, 7) is 1.59. The van der Waals surface area contributed by atoms with E-state index in [2.05, 4.69) is 5.32 Å². The molecule has 48 heavy (non-hydrogen) atoms. The normalized spacial score (nSPS) is 22.5. The minimum atomic E-state index is -0.808. The highest BCUT2D eigenvalue weighted by atomic mass is 16.5. The van der Waals surface area contributed by atoms with E-state index in [4.69, 9.17) is 4.74 Å². The highest BCUT2D eigenvalue weighted by Crippen LogP contribution is 2.24. The molecule has 3 aromatic rings. The standard InChI is InChI=1S/C37H43N5O6/c1-39-23-35(45)42-22-29(38-33(43)20-25-9-10-26-7-3-4-8-28(26)19-25)21-30(42)24-48-31-13-11-27(12-14-31)36(46)40(2)32(15-16-34(39)44)37(47)41-17-5-6-18-41/h3-4,7-14,19,29-30,32H,5-6,15-18,20-24H2,1-2H3,(H,38,43)/t29-,30+,32+/m1/s1. The maximum atomic E-state index is 13.7. The molecular formula is C37H43N5O6. The predicted molar refractivity (Wildman–Crippen MR) is 180 cm³/mol. The Balaban J connectivity index is 1.17. The molecule has 4 aliphatic heterocycles. The molecule has 5 amide bonds. The summed E-state index contributed by atoms with van der Waals surface area (Å²) < 4.78 is 6.10. The predicted octanol–water partition coefficient (Wildman–Crippen LogP) is 2.86. The number of likely N-dealkylation sites (tertiary alicyclic amines) is 1. The van der Waals surface area contributed by atoms with Crippen molar-refractivity contribution in [3.8, 4) is 5.75 Å². The SMILES string of the molecule is CN1CC(=O)N2C[C@H](NC(=O)Cc3ccc4ccccc4c3)C[C@H]2COc2ccc(cc2)C(=O)N(C)[C@H](C(=O)N2CCCC2)CCC1=O. The quantitative estimate of drug-likeness (QED) is 0.463. The summed E-state index contributed by atoms with van der Waals surface area (Å²) in [6, 6.07) is 19.3. The summed E-state index contributed by atoms with van der Waals surface area (Å²) in [5, 5.41) is 5.29. The molecule has 0 aromatic heterocycles. The first-order valence-corrected chi connectivity index (χ1v) is 16.8. The van der Waals surface area contributed by atoms with Gasteiger partial charge in [-0.25, -0.2) is 0 Å². The van der Waals surface area contributed by atoms with Crippen LogP contribution in [0.2, 0.25) is 0 Å². The average molecular weight is 654 g/mol. The number of nitrogens with zero attached hydrogens (tertiary/aromatic N) is 4. The molecule has 2 bridgehead atoms. The molecule has 3 aromatic carbocycles. The van der Waals surface area contributed by atoms with E-state index in [0.29, 0.717) is 37.4 Å². The van der Waals surface area contributed by atoms with Crippen LogP contribution < -0.4 is 10.1 Å². The van der Waals surface area contributed by atoms with Gasteiger partial charge in [-0.3, -0.25) is 24.0 Å². The number of hydrogen-bond acceptors (Lipinski definition) is 6. The molecular weight excluding hydrogens is 610 g/mol. The average Bonchev–Trinajstić information content (AvgIpc) is 3.77. The van der Waals surface area contributed by atoms with E-state index in [1.807, 2.05) is 42.5 Å². The zero-order chi connectivity index (χ0) is 33.8. The van der Waals surface area contributed by atoms with Crippen LogP contribution in [0.25, 0.3) is 10.8 Å². The van der Waals surface area contributed by atoms with E-state index in [0.717, 1.165) is 29.2 Å². The Morgan fingerprint density at radius 3 is 2.38 bits per heavy atom. The molecule has 11 heteroatoms. The third-order valence-corrected chi connectivity index (χ3v) is 9.74. The van der Waals surface area contributed by atoms with Crippen LogP contribution in [0, 0.1) is 0 Å². The monoisotopic (exact) mass is 653 g/mol. The minimum Gasteiger partial charge on any atom is -0.491 e. The third kappa shape index (κ3) is 7.45. The first-order valence-electron chi connectivity index (χ1n) is 16.8. The van der Waals surface area contributed by atoms with Gasteiger partial charge in [-0.1, -0.05) is 42.5 Å². The van der Waals surface area contributed by atoms with E-state index in [1.54, 1.807) is 48.2 Å². The first-order chi connectivity index (χ1) is 23.2. The molecule has 252 valence electrons. The number of carbonyl (C=O) groups is 5. The second-order valence-corrected chi connectivity index (χ2v) is 13.1. The number of ether oxygens (including phenoxy) is 1. The molecule has 4 aliphatic rings. The number of benzene rings is 3. The van der Waals surface area contributed by atoms with Gasteiger partial charge in [0.15, 0.2) is 0 Å². The second-order valence-electron chi connectivity index (χ2n) is 13.1. The molecule has 0 radical (unpaired) electrons. The third-order valence-electron chi connectivity index (χ3n) is 9.74. The number of amides is 5. The fraction of sp³-hybridized carbons (Fsp3) is 0.432. The van der Waals surface area contributed by atoms with Crippen LogP contribution in [0.4, 0.5) is 0 Å². The fourth-order valence-corrected chi connectivity index (χ4v) is 6.99. The van der Waals surface area contributed by atoms with Crippen LogP contribution in [-0.2, 0) is 25.6 Å². The Labute approximate surface area is 280 Å². The Kier molecular flexibility index (Phi) is 9.93. The number of nitrogens with one attached hydrogen (secondary N) is 1. The van der Waals surface area contributed by atoms with Gasteiger partial charge in [-0.2, -0.15) is 0 Å². The summed E-state index contributed by atoms with van der Waals surface area (Å²) >= 11 is 0. The van der Waals surface area contributed by atoms with Crippen LogP contribution >= 0.6 is 0 Å². The summed E-state index contributed by atoms with van der Waals surface area (Å²) in [5.74, 6) is -0.614. The molecule has 0 spiro atoms. The lowest BCUT2D eigenvalue weighted by Gasteiger charge is -2.31. The van der Waals surface area contributed by atoms with E-state index in [-0.39, 0.29) is 74.0 Å². The maximum absolute atomic E-state index is 13.7. The molecule has 11 nitrogen and oxygen atoms in total. The Morgan fingerprint density at radius 2 is 1.62 bits per heavy atom. The second kappa shape index (κ2) is 14.5. The van der Waals surface area contributed by atoms with Crippen LogP contribution in [0.15, 0.2) is 66.7 Å². The first kappa shape index (κ1) is 33.0.